The number of aromatic nitrogens is 2. The molecule has 112 valence electrons. The third kappa shape index (κ3) is 4.54. The zero-order chi connectivity index (χ0) is 15.6. The number of carbonyl (C=O) groups is 1. The van der Waals surface area contributed by atoms with Crippen molar-refractivity contribution < 1.29 is 14.3 Å². The van der Waals surface area contributed by atoms with Gasteiger partial charge in [-0.05, 0) is 23.6 Å². The largest absolute Gasteiger partial charge is 0.481 e. The lowest BCUT2D eigenvalue weighted by Gasteiger charge is -2.19. The average Bonchev–Trinajstić information content (AvgIpc) is 2.73. The minimum atomic E-state index is -0.849. The van der Waals surface area contributed by atoms with Crippen molar-refractivity contribution >= 4 is 33.5 Å². The van der Waals surface area contributed by atoms with E-state index < -0.39 is 11.4 Å². The molecule has 0 atom stereocenters. The maximum Gasteiger partial charge on any atom is 0.303 e. The normalized spacial score (nSPS) is 11.6. The number of rotatable bonds is 5. The molecule has 0 saturated heterocycles. The summed E-state index contributed by atoms with van der Waals surface area (Å²) in [6, 6.07) is 5.32. The molecule has 2 rings (SSSR count). The van der Waals surface area contributed by atoms with Gasteiger partial charge in [-0.1, -0.05) is 41.4 Å². The summed E-state index contributed by atoms with van der Waals surface area (Å²) in [5, 5.41) is 17.4. The second kappa shape index (κ2) is 6.15. The molecule has 0 unspecified atom stereocenters. The molecule has 0 aliphatic carbocycles. The third-order valence-electron chi connectivity index (χ3n) is 2.84. The number of aliphatic carboxylic acids is 1. The van der Waals surface area contributed by atoms with E-state index in [0.717, 1.165) is 4.47 Å². The Balaban J connectivity index is 2.20. The fourth-order valence-corrected chi connectivity index (χ4v) is 2.86. The maximum atomic E-state index is 10.8. The summed E-state index contributed by atoms with van der Waals surface area (Å²) in [6.45, 7) is 3.70. The van der Waals surface area contributed by atoms with Crippen molar-refractivity contribution in [2.75, 3.05) is 0 Å². The molecule has 1 heterocycles. The number of hydrogen-bond acceptors (Lipinski definition) is 4. The molecule has 21 heavy (non-hydrogen) atoms. The van der Waals surface area contributed by atoms with Crippen LogP contribution in [-0.2, 0) is 11.2 Å². The van der Waals surface area contributed by atoms with E-state index in [1.807, 2.05) is 19.9 Å². The smallest absolute Gasteiger partial charge is 0.303 e. The van der Waals surface area contributed by atoms with Crippen molar-refractivity contribution in [3.63, 3.8) is 0 Å². The number of halogens is 2. The minimum Gasteiger partial charge on any atom is -0.481 e. The summed E-state index contributed by atoms with van der Waals surface area (Å²) in [6.07, 6.45) is 0.432. The molecule has 7 heteroatoms. The van der Waals surface area contributed by atoms with Crippen LogP contribution in [-0.4, -0.2) is 21.3 Å². The van der Waals surface area contributed by atoms with Gasteiger partial charge in [-0.3, -0.25) is 4.79 Å². The van der Waals surface area contributed by atoms with Gasteiger partial charge in [0.05, 0.1) is 6.42 Å². The summed E-state index contributed by atoms with van der Waals surface area (Å²) in [7, 11) is 0. The number of benzene rings is 1. The molecule has 0 spiro atoms. The molecule has 0 aliphatic rings. The number of carboxylic acids is 1. The Bertz CT molecular complexity index is 650. The molecule has 1 aromatic heterocycles. The minimum absolute atomic E-state index is 0.0351. The molecule has 0 amide bonds. The monoisotopic (exact) mass is 372 g/mol. The van der Waals surface area contributed by atoms with Crippen LogP contribution in [0.1, 0.15) is 26.2 Å². The van der Waals surface area contributed by atoms with Gasteiger partial charge in [-0.15, -0.1) is 10.2 Å². The molecule has 0 bridgehead atoms. The van der Waals surface area contributed by atoms with Crippen LogP contribution in [0.25, 0.3) is 11.5 Å². The summed E-state index contributed by atoms with van der Waals surface area (Å²) in [4.78, 5) is 10.8. The Morgan fingerprint density at radius 1 is 1.38 bits per heavy atom. The average molecular weight is 374 g/mol. The van der Waals surface area contributed by atoms with Gasteiger partial charge in [0, 0.05) is 21.5 Å². The SMILES string of the molecule is CC(C)(CC(=O)O)Cc1nnc(-c2cc(Cl)cc(Br)c2)o1. The van der Waals surface area contributed by atoms with Crippen LogP contribution in [0.2, 0.25) is 5.02 Å². The lowest BCUT2D eigenvalue weighted by atomic mass is 9.86. The Kier molecular flexibility index (Phi) is 4.68. The molecule has 0 aliphatic heterocycles. The fourth-order valence-electron chi connectivity index (χ4n) is 2.00. The van der Waals surface area contributed by atoms with Crippen LogP contribution in [0.4, 0.5) is 0 Å². The third-order valence-corrected chi connectivity index (χ3v) is 3.51. The Labute approximate surface area is 135 Å². The van der Waals surface area contributed by atoms with Crippen LogP contribution >= 0.6 is 27.5 Å². The van der Waals surface area contributed by atoms with E-state index in [4.69, 9.17) is 21.1 Å². The first kappa shape index (κ1) is 16.0. The van der Waals surface area contributed by atoms with E-state index in [2.05, 4.69) is 26.1 Å². The fraction of sp³-hybridized carbons (Fsp3) is 0.357. The first-order valence-corrected chi connectivity index (χ1v) is 7.43. The maximum absolute atomic E-state index is 10.8. The van der Waals surface area contributed by atoms with E-state index in [0.29, 0.717) is 28.8 Å². The first-order chi connectivity index (χ1) is 9.75. The van der Waals surface area contributed by atoms with E-state index in [1.165, 1.54) is 0 Å². The van der Waals surface area contributed by atoms with Gasteiger partial charge in [0.2, 0.25) is 11.8 Å². The molecule has 1 N–H and O–H groups in total. The van der Waals surface area contributed by atoms with Gasteiger partial charge >= 0.3 is 5.97 Å². The summed E-state index contributed by atoms with van der Waals surface area (Å²) in [5.41, 5.74) is 0.258. The van der Waals surface area contributed by atoms with Crippen molar-refractivity contribution in [1.82, 2.24) is 10.2 Å². The van der Waals surface area contributed by atoms with Crippen molar-refractivity contribution in [1.29, 1.82) is 0 Å². The zero-order valence-electron chi connectivity index (χ0n) is 11.6. The van der Waals surface area contributed by atoms with E-state index in [-0.39, 0.29) is 6.42 Å². The van der Waals surface area contributed by atoms with E-state index in [9.17, 15) is 4.79 Å². The van der Waals surface area contributed by atoms with Crippen LogP contribution in [0.5, 0.6) is 0 Å². The predicted molar refractivity (Wildman–Crippen MR) is 82.2 cm³/mol. The van der Waals surface area contributed by atoms with Crippen LogP contribution in [0.3, 0.4) is 0 Å². The highest BCUT2D eigenvalue weighted by Gasteiger charge is 2.25. The zero-order valence-corrected chi connectivity index (χ0v) is 13.9. The first-order valence-electron chi connectivity index (χ1n) is 6.26. The highest BCUT2D eigenvalue weighted by molar-refractivity contribution is 9.10. The second-order valence-corrected chi connectivity index (χ2v) is 6.92. The number of nitrogens with zero attached hydrogens (tertiary/aromatic N) is 2. The lowest BCUT2D eigenvalue weighted by Crippen LogP contribution is -2.19. The Morgan fingerprint density at radius 3 is 2.71 bits per heavy atom. The van der Waals surface area contributed by atoms with Gasteiger partial charge in [-0.2, -0.15) is 0 Å². The van der Waals surface area contributed by atoms with Gasteiger partial charge in [-0.25, -0.2) is 0 Å². The van der Waals surface area contributed by atoms with Crippen molar-refractivity contribution in [2.45, 2.75) is 26.7 Å². The van der Waals surface area contributed by atoms with Crippen LogP contribution in [0.15, 0.2) is 27.1 Å². The van der Waals surface area contributed by atoms with Crippen LogP contribution < -0.4 is 0 Å². The Morgan fingerprint density at radius 2 is 2.10 bits per heavy atom. The second-order valence-electron chi connectivity index (χ2n) is 5.57. The van der Waals surface area contributed by atoms with Crippen molar-refractivity contribution in [2.24, 2.45) is 5.41 Å². The lowest BCUT2D eigenvalue weighted by molar-refractivity contribution is -0.139. The predicted octanol–water partition coefficient (Wildman–Crippen LogP) is 4.20. The number of carboxylic acid groups (broad SMARTS) is 1. The molecule has 2 aromatic rings. The molecule has 0 saturated carbocycles. The molecule has 1 aromatic carbocycles. The van der Waals surface area contributed by atoms with E-state index in [1.54, 1.807) is 12.1 Å². The topological polar surface area (TPSA) is 76.2 Å². The summed E-state index contributed by atoms with van der Waals surface area (Å²) in [5.74, 6) is -0.0785. The summed E-state index contributed by atoms with van der Waals surface area (Å²) < 4.78 is 6.42. The summed E-state index contributed by atoms with van der Waals surface area (Å²) >= 11 is 9.34. The highest BCUT2D eigenvalue weighted by atomic mass is 79.9. The van der Waals surface area contributed by atoms with Crippen molar-refractivity contribution in [3.05, 3.63) is 33.6 Å². The Hall–Kier alpha value is -1.40. The molecular formula is C14H14BrClN2O3. The standard InChI is InChI=1S/C14H14BrClN2O3/c1-14(2,7-12(19)20)6-11-17-18-13(21-11)8-3-9(15)5-10(16)4-8/h3-5H,6-7H2,1-2H3,(H,19,20). The van der Waals surface area contributed by atoms with Gasteiger partial charge in [0.25, 0.3) is 0 Å². The quantitative estimate of drug-likeness (QED) is 0.850. The van der Waals surface area contributed by atoms with Gasteiger partial charge in [0.15, 0.2) is 0 Å². The molecular weight excluding hydrogens is 360 g/mol. The molecule has 5 nitrogen and oxygen atoms in total. The van der Waals surface area contributed by atoms with Crippen molar-refractivity contribution in [3.8, 4) is 11.5 Å². The molecule has 0 fully saturated rings. The molecule has 0 radical (unpaired) electrons. The van der Waals surface area contributed by atoms with Gasteiger partial charge < -0.3 is 9.52 Å². The van der Waals surface area contributed by atoms with Gasteiger partial charge in [0.1, 0.15) is 0 Å². The number of hydrogen-bond donors (Lipinski definition) is 1. The van der Waals surface area contributed by atoms with Crippen LogP contribution in [0, 0.1) is 5.41 Å². The highest BCUT2D eigenvalue weighted by Crippen LogP contribution is 2.29. The van der Waals surface area contributed by atoms with E-state index >= 15 is 0 Å².